The van der Waals surface area contributed by atoms with Crippen molar-refractivity contribution >= 4 is 22.9 Å². The third kappa shape index (κ3) is 5.17. The van der Waals surface area contributed by atoms with Crippen LogP contribution in [0.2, 0.25) is 0 Å². The summed E-state index contributed by atoms with van der Waals surface area (Å²) in [6, 6.07) is 7.24. The average Bonchev–Trinajstić information content (AvgIpc) is 2.80. The average molecular weight is 479 g/mol. The van der Waals surface area contributed by atoms with E-state index < -0.39 is 58.3 Å². The Hall–Kier alpha value is -2.76. The number of piperidine rings is 1. The molecule has 172 valence electrons. The van der Waals surface area contributed by atoms with Gasteiger partial charge in [-0.15, -0.1) is 0 Å². The van der Waals surface area contributed by atoms with Crippen molar-refractivity contribution in [2.75, 3.05) is 6.54 Å². The minimum Gasteiger partial charge on any atom is -0.419 e. The van der Waals surface area contributed by atoms with Crippen molar-refractivity contribution in [2.24, 2.45) is 0 Å². The summed E-state index contributed by atoms with van der Waals surface area (Å²) in [6.07, 6.45) is 0.186. The van der Waals surface area contributed by atoms with Crippen molar-refractivity contribution in [3.05, 3.63) is 65.0 Å². The molecule has 1 fully saturated rings. The first-order valence-corrected chi connectivity index (χ1v) is 9.70. The minimum atomic E-state index is -2.36. The van der Waals surface area contributed by atoms with Gasteiger partial charge in [-0.25, -0.2) is 23.0 Å². The first-order valence-electron chi connectivity index (χ1n) is 9.32. The Labute approximate surface area is 183 Å². The summed E-state index contributed by atoms with van der Waals surface area (Å²) in [4.78, 5) is 29.4. The largest absolute Gasteiger partial charge is 0.419 e. The maximum atomic E-state index is 13.7. The van der Waals surface area contributed by atoms with Crippen LogP contribution in [-0.2, 0) is 16.2 Å². The van der Waals surface area contributed by atoms with Gasteiger partial charge in [0.25, 0.3) is 0 Å². The second-order valence-corrected chi connectivity index (χ2v) is 7.17. The summed E-state index contributed by atoms with van der Waals surface area (Å²) in [7, 11) is 0. The maximum absolute atomic E-state index is 13.7. The van der Waals surface area contributed by atoms with E-state index in [1.165, 1.54) is 0 Å². The van der Waals surface area contributed by atoms with E-state index >= 15 is 0 Å². The van der Waals surface area contributed by atoms with Crippen LogP contribution in [-0.4, -0.2) is 35.0 Å². The Bertz CT molecular complexity index is 974. The highest BCUT2D eigenvalue weighted by Gasteiger charge is 2.35. The number of nitrogens with zero attached hydrogens (tertiary/aromatic N) is 1. The zero-order chi connectivity index (χ0) is 23.4. The van der Waals surface area contributed by atoms with Gasteiger partial charge in [-0.2, -0.15) is 8.78 Å². The molecular formula is C20H16ClF5N2O4. The van der Waals surface area contributed by atoms with E-state index in [1.807, 2.05) is 6.07 Å². The number of amides is 1. The third-order valence-electron chi connectivity index (χ3n) is 4.76. The van der Waals surface area contributed by atoms with E-state index in [1.54, 1.807) is 24.3 Å². The highest BCUT2D eigenvalue weighted by molar-refractivity contribution is 6.62. The number of carbonyl (C=O) groups excluding carboxylic acids is 2. The fourth-order valence-electron chi connectivity index (χ4n) is 3.11. The topological polar surface area (TPSA) is 67.9 Å². The van der Waals surface area contributed by atoms with E-state index in [0.717, 1.165) is 10.6 Å². The van der Waals surface area contributed by atoms with Crippen molar-refractivity contribution in [3.8, 4) is 5.75 Å². The standard InChI is InChI=1S/C20H16ClF5N2O4/c21-20(30)28(31-9-10-4-2-1-3-5-10)11-6-7-12(27-8-11)19(29)32-18-16(25)14(23)13(22)15(24)17(18)26/h1-5,11-12,27H,6-9H2/t11-,12+/m1/s1. The molecule has 0 aliphatic carbocycles. The van der Waals surface area contributed by atoms with E-state index in [4.69, 9.17) is 16.4 Å². The number of carbonyl (C=O) groups is 2. The second kappa shape index (κ2) is 10.2. The van der Waals surface area contributed by atoms with Crippen LogP contribution >= 0.6 is 11.6 Å². The lowest BCUT2D eigenvalue weighted by Gasteiger charge is -2.34. The highest BCUT2D eigenvalue weighted by atomic mass is 35.5. The summed E-state index contributed by atoms with van der Waals surface area (Å²) < 4.78 is 71.5. The molecule has 32 heavy (non-hydrogen) atoms. The molecule has 0 bridgehead atoms. The highest BCUT2D eigenvalue weighted by Crippen LogP contribution is 2.30. The first-order chi connectivity index (χ1) is 15.2. The van der Waals surface area contributed by atoms with Gasteiger partial charge in [0, 0.05) is 6.54 Å². The molecule has 2 atom stereocenters. The Balaban J connectivity index is 1.61. The van der Waals surface area contributed by atoms with Gasteiger partial charge in [0.2, 0.25) is 34.8 Å². The van der Waals surface area contributed by atoms with Crippen LogP contribution < -0.4 is 10.1 Å². The van der Waals surface area contributed by atoms with Crippen LogP contribution in [0.1, 0.15) is 18.4 Å². The monoisotopic (exact) mass is 478 g/mol. The van der Waals surface area contributed by atoms with Crippen LogP contribution in [0.15, 0.2) is 30.3 Å². The molecule has 2 aromatic carbocycles. The molecule has 0 saturated carbocycles. The number of hydroxylamine groups is 2. The van der Waals surface area contributed by atoms with Crippen molar-refractivity contribution < 1.29 is 41.1 Å². The number of hydrogen-bond donors (Lipinski definition) is 1. The summed E-state index contributed by atoms with van der Waals surface area (Å²) in [6.45, 7) is 0.0473. The molecule has 1 N–H and O–H groups in total. The molecule has 2 aromatic rings. The molecule has 0 spiro atoms. The van der Waals surface area contributed by atoms with Gasteiger partial charge < -0.3 is 10.1 Å². The summed E-state index contributed by atoms with van der Waals surface area (Å²) in [5.74, 6) is -14.3. The van der Waals surface area contributed by atoms with E-state index in [2.05, 4.69) is 10.1 Å². The summed E-state index contributed by atoms with van der Waals surface area (Å²) >= 11 is 5.58. The van der Waals surface area contributed by atoms with Crippen molar-refractivity contribution in [3.63, 3.8) is 0 Å². The van der Waals surface area contributed by atoms with Gasteiger partial charge >= 0.3 is 11.3 Å². The lowest BCUT2D eigenvalue weighted by atomic mass is 10.0. The zero-order valence-electron chi connectivity index (χ0n) is 16.2. The molecule has 1 aliphatic heterocycles. The molecule has 0 radical (unpaired) electrons. The zero-order valence-corrected chi connectivity index (χ0v) is 17.0. The fourth-order valence-corrected chi connectivity index (χ4v) is 3.29. The Morgan fingerprint density at radius 2 is 1.56 bits per heavy atom. The van der Waals surface area contributed by atoms with Crippen LogP contribution in [0.25, 0.3) is 0 Å². The predicted molar refractivity (Wildman–Crippen MR) is 101 cm³/mol. The summed E-state index contributed by atoms with van der Waals surface area (Å²) in [5.41, 5.74) is 0.781. The SMILES string of the molecule is O=C(Oc1c(F)c(F)c(F)c(F)c1F)[C@@H]1CC[C@@H](N(OCc2ccccc2)C(=O)Cl)CN1. The second-order valence-electron chi connectivity index (χ2n) is 6.85. The smallest absolute Gasteiger partial charge is 0.340 e. The molecular weight excluding hydrogens is 463 g/mol. The number of hydrogen-bond acceptors (Lipinski definition) is 5. The van der Waals surface area contributed by atoms with Crippen LogP contribution in [0.4, 0.5) is 26.7 Å². The quantitative estimate of drug-likeness (QED) is 0.0985. The van der Waals surface area contributed by atoms with Crippen molar-refractivity contribution in [1.29, 1.82) is 0 Å². The van der Waals surface area contributed by atoms with Gasteiger partial charge in [0.05, 0.1) is 6.04 Å². The fraction of sp³-hybridized carbons (Fsp3) is 0.300. The molecule has 1 amide bonds. The van der Waals surface area contributed by atoms with Gasteiger partial charge in [0.1, 0.15) is 12.6 Å². The number of ether oxygens (including phenoxy) is 1. The van der Waals surface area contributed by atoms with Crippen LogP contribution in [0.3, 0.4) is 0 Å². The summed E-state index contributed by atoms with van der Waals surface area (Å²) in [5, 5.41) is 2.73. The van der Waals surface area contributed by atoms with E-state index in [-0.39, 0.29) is 26.0 Å². The van der Waals surface area contributed by atoms with Gasteiger partial charge in [-0.05, 0) is 30.0 Å². The maximum Gasteiger partial charge on any atom is 0.340 e. The molecule has 1 heterocycles. The van der Waals surface area contributed by atoms with E-state index in [9.17, 15) is 31.5 Å². The number of benzene rings is 2. The lowest BCUT2D eigenvalue weighted by molar-refractivity contribution is -0.155. The van der Waals surface area contributed by atoms with Gasteiger partial charge in [-0.3, -0.25) is 9.63 Å². The minimum absolute atomic E-state index is 0.00820. The number of rotatable bonds is 6. The molecule has 0 aromatic heterocycles. The molecule has 0 unspecified atom stereocenters. The third-order valence-corrected chi connectivity index (χ3v) is 4.93. The van der Waals surface area contributed by atoms with Crippen LogP contribution in [0.5, 0.6) is 5.75 Å². The molecule has 1 aliphatic rings. The Morgan fingerprint density at radius 1 is 0.969 bits per heavy atom. The number of esters is 1. The van der Waals surface area contributed by atoms with Crippen LogP contribution in [0, 0.1) is 29.1 Å². The Kier molecular flexibility index (Phi) is 7.64. The van der Waals surface area contributed by atoms with Gasteiger partial charge in [0.15, 0.2) is 0 Å². The lowest BCUT2D eigenvalue weighted by Crippen LogP contribution is -2.53. The van der Waals surface area contributed by atoms with Crippen molar-refractivity contribution in [1.82, 2.24) is 10.4 Å². The normalized spacial score (nSPS) is 18.3. The molecule has 12 heteroatoms. The van der Waals surface area contributed by atoms with E-state index in [0.29, 0.717) is 0 Å². The Morgan fingerprint density at radius 3 is 2.09 bits per heavy atom. The molecule has 1 saturated heterocycles. The molecule has 3 rings (SSSR count). The predicted octanol–water partition coefficient (Wildman–Crippen LogP) is 4.20. The molecule has 6 nitrogen and oxygen atoms in total. The van der Waals surface area contributed by atoms with Gasteiger partial charge in [-0.1, -0.05) is 30.3 Å². The van der Waals surface area contributed by atoms with Crippen molar-refractivity contribution in [2.45, 2.75) is 31.5 Å². The first kappa shape index (κ1) is 23.9. The number of nitrogens with one attached hydrogen (secondary N) is 1. The number of halogens is 6.